The molecule has 0 atom stereocenters. The van der Waals surface area contributed by atoms with E-state index in [-0.39, 0.29) is 0 Å². The van der Waals surface area contributed by atoms with Crippen molar-refractivity contribution in [2.45, 2.75) is 0 Å². The molecule has 6 nitrogen and oxygen atoms in total. The molecular weight excluding hydrogens is 675 g/mol. The molecule has 0 N–H and O–H groups in total. The molecule has 4 aromatic heterocycles. The molecule has 55 heavy (non-hydrogen) atoms. The van der Waals surface area contributed by atoms with Crippen molar-refractivity contribution >= 4 is 54.6 Å². The van der Waals surface area contributed by atoms with E-state index in [1.54, 1.807) is 0 Å². The Hall–Kier alpha value is -7.57. The van der Waals surface area contributed by atoms with Gasteiger partial charge in [-0.1, -0.05) is 121 Å². The maximum Gasteiger partial charge on any atom is 0.180 e. The van der Waals surface area contributed by atoms with Crippen molar-refractivity contribution in [1.29, 1.82) is 0 Å². The largest absolute Gasteiger partial charge is 0.452 e. The Morgan fingerprint density at radius 3 is 2.02 bits per heavy atom. The van der Waals surface area contributed by atoms with Gasteiger partial charge in [-0.25, -0.2) is 19.9 Å². The molecule has 0 bridgehead atoms. The third kappa shape index (κ3) is 5.23. The second-order valence-corrected chi connectivity index (χ2v) is 13.7. The van der Waals surface area contributed by atoms with Gasteiger partial charge in [0.25, 0.3) is 0 Å². The van der Waals surface area contributed by atoms with Crippen molar-refractivity contribution in [2.75, 3.05) is 0 Å². The van der Waals surface area contributed by atoms with Crippen LogP contribution in [0.25, 0.3) is 111 Å². The Bertz CT molecular complexity index is 3280. The van der Waals surface area contributed by atoms with Gasteiger partial charge in [-0.15, -0.1) is 0 Å². The zero-order chi connectivity index (χ0) is 36.3. The predicted octanol–water partition coefficient (Wildman–Crippen LogP) is 12.4. The molecule has 0 radical (unpaired) electrons. The summed E-state index contributed by atoms with van der Waals surface area (Å²) in [5.74, 6) is 1.28. The second kappa shape index (κ2) is 12.5. The fourth-order valence-corrected chi connectivity index (χ4v) is 7.72. The van der Waals surface area contributed by atoms with E-state index in [1.165, 1.54) is 0 Å². The summed E-state index contributed by atoms with van der Waals surface area (Å²) in [6.07, 6.45) is 1.81. The summed E-state index contributed by atoms with van der Waals surface area (Å²) in [7, 11) is 0. The van der Waals surface area contributed by atoms with Crippen LogP contribution < -0.4 is 0 Å². The van der Waals surface area contributed by atoms with Crippen LogP contribution in [0.3, 0.4) is 0 Å². The fourth-order valence-electron chi connectivity index (χ4n) is 7.72. The van der Waals surface area contributed by atoms with E-state index >= 15 is 0 Å². The topological polar surface area (TPSA) is 77.6 Å². The van der Waals surface area contributed by atoms with E-state index in [0.717, 1.165) is 88.1 Å². The first-order valence-electron chi connectivity index (χ1n) is 18.2. The van der Waals surface area contributed by atoms with Crippen LogP contribution >= 0.6 is 0 Å². The van der Waals surface area contributed by atoms with E-state index in [4.69, 9.17) is 24.4 Å². The average Bonchev–Trinajstić information content (AvgIpc) is 3.64. The molecule has 0 amide bonds. The number of pyridine rings is 1. The maximum atomic E-state index is 6.57. The predicted molar refractivity (Wildman–Crippen MR) is 222 cm³/mol. The minimum absolute atomic E-state index is 0.630. The molecule has 0 aliphatic rings. The van der Waals surface area contributed by atoms with Crippen molar-refractivity contribution < 1.29 is 4.42 Å². The number of hydrogen-bond donors (Lipinski definition) is 0. The van der Waals surface area contributed by atoms with Gasteiger partial charge in [0, 0.05) is 44.6 Å². The molecule has 0 fully saturated rings. The lowest BCUT2D eigenvalue weighted by Gasteiger charge is -2.14. The zero-order valence-electron chi connectivity index (χ0n) is 29.4. The molecule has 0 spiro atoms. The number of fused-ring (bicyclic) bond motifs is 7. The molecule has 7 aromatic carbocycles. The highest BCUT2D eigenvalue weighted by Gasteiger charge is 2.21. The SMILES string of the molecule is c1ccc(-c2ccccc2-c2nc(-c3cccc(-c4nc(-c5ccc6ncccc6c5)nc5ccc6ccccc6c45)c3)c3oc4ccccc4c3n2)cc1. The molecule has 11 aromatic rings. The first-order valence-corrected chi connectivity index (χ1v) is 18.2. The third-order valence-corrected chi connectivity index (χ3v) is 10.3. The Kier molecular flexibility index (Phi) is 7.07. The van der Waals surface area contributed by atoms with Gasteiger partial charge in [-0.3, -0.25) is 4.98 Å². The van der Waals surface area contributed by atoms with E-state index in [1.807, 2.05) is 54.7 Å². The van der Waals surface area contributed by atoms with Crippen molar-refractivity contribution in [3.05, 3.63) is 176 Å². The summed E-state index contributed by atoms with van der Waals surface area (Å²) in [4.78, 5) is 25.5. The first kappa shape index (κ1) is 31.0. The van der Waals surface area contributed by atoms with Gasteiger partial charge in [0.2, 0.25) is 0 Å². The number of hydrogen-bond acceptors (Lipinski definition) is 6. The van der Waals surface area contributed by atoms with Gasteiger partial charge < -0.3 is 4.42 Å². The fraction of sp³-hybridized carbons (Fsp3) is 0. The Labute approximate surface area is 315 Å². The number of furan rings is 1. The number of para-hydroxylation sites is 1. The van der Waals surface area contributed by atoms with Crippen molar-refractivity contribution in [2.24, 2.45) is 0 Å². The van der Waals surface area contributed by atoms with Crippen LogP contribution in [0.15, 0.2) is 180 Å². The molecular formula is C49H29N5O. The highest BCUT2D eigenvalue weighted by Crippen LogP contribution is 2.40. The average molecular weight is 704 g/mol. The lowest BCUT2D eigenvalue weighted by molar-refractivity contribution is 0.667. The standard InChI is InChI=1S/C49H29N5O/c1-2-12-30(13-3-1)36-18-6-7-20-38(36)49-53-45(47-46(54-49)39-21-8-9-22-42(39)55-47)34-16-10-15-33(29-34)44-43-37-19-5-4-14-31(37)23-26-41(43)51-48(52-44)35-24-25-40-32(28-35)17-11-27-50-40/h1-29H. The van der Waals surface area contributed by atoms with Crippen molar-refractivity contribution in [1.82, 2.24) is 24.9 Å². The van der Waals surface area contributed by atoms with E-state index in [0.29, 0.717) is 22.9 Å². The van der Waals surface area contributed by atoms with Gasteiger partial charge in [-0.2, -0.15) is 0 Å². The van der Waals surface area contributed by atoms with Crippen molar-refractivity contribution in [3.8, 4) is 56.4 Å². The maximum absolute atomic E-state index is 6.57. The molecule has 0 saturated heterocycles. The molecule has 11 rings (SSSR count). The summed E-state index contributed by atoms with van der Waals surface area (Å²) in [5, 5.41) is 5.20. The first-order chi connectivity index (χ1) is 27.2. The lowest BCUT2D eigenvalue weighted by Crippen LogP contribution is -1.98. The molecule has 0 aliphatic carbocycles. The molecule has 0 unspecified atom stereocenters. The number of rotatable bonds is 5. The number of nitrogens with zero attached hydrogens (tertiary/aromatic N) is 5. The van der Waals surface area contributed by atoms with Gasteiger partial charge in [0.15, 0.2) is 17.2 Å². The molecule has 256 valence electrons. The van der Waals surface area contributed by atoms with Gasteiger partial charge >= 0.3 is 0 Å². The minimum Gasteiger partial charge on any atom is -0.452 e. The van der Waals surface area contributed by atoms with Gasteiger partial charge in [0.1, 0.15) is 16.8 Å². The quantitative estimate of drug-likeness (QED) is 0.166. The highest BCUT2D eigenvalue weighted by atomic mass is 16.3. The molecule has 6 heteroatoms. The third-order valence-electron chi connectivity index (χ3n) is 10.3. The molecule has 0 saturated carbocycles. The van der Waals surface area contributed by atoms with Crippen LogP contribution in [0, 0.1) is 0 Å². The second-order valence-electron chi connectivity index (χ2n) is 13.7. The van der Waals surface area contributed by atoms with Gasteiger partial charge in [0.05, 0.1) is 16.7 Å². The van der Waals surface area contributed by atoms with Crippen LogP contribution in [0.1, 0.15) is 0 Å². The zero-order valence-corrected chi connectivity index (χ0v) is 29.4. The van der Waals surface area contributed by atoms with Gasteiger partial charge in [-0.05, 0) is 70.4 Å². The molecule has 4 heterocycles. The van der Waals surface area contributed by atoms with Crippen LogP contribution in [0.5, 0.6) is 0 Å². The Morgan fingerprint density at radius 2 is 1.11 bits per heavy atom. The van der Waals surface area contributed by atoms with Crippen LogP contribution in [-0.4, -0.2) is 24.9 Å². The van der Waals surface area contributed by atoms with Crippen LogP contribution in [0.2, 0.25) is 0 Å². The normalized spacial score (nSPS) is 11.6. The number of aromatic nitrogens is 5. The summed E-state index contributed by atoms with van der Waals surface area (Å²) in [6, 6.07) is 58.0. The lowest BCUT2D eigenvalue weighted by atomic mass is 9.97. The van der Waals surface area contributed by atoms with E-state index < -0.39 is 0 Å². The van der Waals surface area contributed by atoms with Crippen LogP contribution in [0.4, 0.5) is 0 Å². The van der Waals surface area contributed by atoms with E-state index in [2.05, 4.69) is 126 Å². The monoisotopic (exact) mass is 703 g/mol. The summed E-state index contributed by atoms with van der Waals surface area (Å²) >= 11 is 0. The van der Waals surface area contributed by atoms with E-state index in [9.17, 15) is 0 Å². The minimum atomic E-state index is 0.630. The smallest absolute Gasteiger partial charge is 0.180 e. The Balaban J connectivity index is 1.16. The molecule has 0 aliphatic heterocycles. The Morgan fingerprint density at radius 1 is 0.400 bits per heavy atom. The summed E-state index contributed by atoms with van der Waals surface area (Å²) in [6.45, 7) is 0. The summed E-state index contributed by atoms with van der Waals surface area (Å²) in [5.41, 5.74) is 11.4. The van der Waals surface area contributed by atoms with Crippen LogP contribution in [-0.2, 0) is 0 Å². The number of benzene rings is 7. The summed E-state index contributed by atoms with van der Waals surface area (Å²) < 4.78 is 6.57. The van der Waals surface area contributed by atoms with Crippen molar-refractivity contribution in [3.63, 3.8) is 0 Å². The highest BCUT2D eigenvalue weighted by molar-refractivity contribution is 6.13.